The van der Waals surface area contributed by atoms with Gasteiger partial charge in [-0.3, -0.25) is 14.1 Å². The number of hydrogen-bond acceptors (Lipinski definition) is 3. The average Bonchev–Trinajstić information content (AvgIpc) is 3.19. The summed E-state index contributed by atoms with van der Waals surface area (Å²) in [5, 5.41) is 0. The largest absolute Gasteiger partial charge is 0.364 e. The molecule has 5 heteroatoms. The summed E-state index contributed by atoms with van der Waals surface area (Å²) in [5.74, 6) is 0. The van der Waals surface area contributed by atoms with Gasteiger partial charge in [-0.25, -0.2) is 4.98 Å². The molecule has 0 aliphatic carbocycles. The third kappa shape index (κ3) is 2.57. The maximum absolute atomic E-state index is 12.3. The van der Waals surface area contributed by atoms with E-state index in [4.69, 9.17) is 4.98 Å². The van der Waals surface area contributed by atoms with E-state index in [0.717, 1.165) is 29.9 Å². The van der Waals surface area contributed by atoms with Gasteiger partial charge >= 0.3 is 0 Å². The monoisotopic (exact) mass is 308 g/mol. The molecule has 1 aliphatic heterocycles. The molecule has 1 N–H and O–H groups in total. The Bertz CT molecular complexity index is 882. The van der Waals surface area contributed by atoms with E-state index >= 15 is 0 Å². The normalized spacial score (nSPS) is 18.7. The molecule has 3 aromatic heterocycles. The summed E-state index contributed by atoms with van der Waals surface area (Å²) in [6.07, 6.45) is 6.07. The molecule has 3 aromatic rings. The highest BCUT2D eigenvalue weighted by atomic mass is 16.1. The van der Waals surface area contributed by atoms with Crippen LogP contribution >= 0.6 is 0 Å². The molecule has 0 saturated carbocycles. The smallest absolute Gasteiger partial charge is 0.258 e. The number of aromatic nitrogens is 3. The Balaban J connectivity index is 1.67. The molecule has 1 saturated heterocycles. The summed E-state index contributed by atoms with van der Waals surface area (Å²) in [6, 6.07) is 10.1. The second-order valence-corrected chi connectivity index (χ2v) is 6.22. The SMILES string of the molecule is Cc1cccn2c(=O)cc(CN3CCC[C@@H]3c3ccc[nH]3)nc12. The third-order valence-electron chi connectivity index (χ3n) is 4.65. The lowest BCUT2D eigenvalue weighted by Crippen LogP contribution is -2.25. The molecule has 23 heavy (non-hydrogen) atoms. The minimum Gasteiger partial charge on any atom is -0.364 e. The zero-order valence-corrected chi connectivity index (χ0v) is 13.2. The molecule has 0 amide bonds. The van der Waals surface area contributed by atoms with Crippen molar-refractivity contribution < 1.29 is 0 Å². The molecule has 4 heterocycles. The van der Waals surface area contributed by atoms with Crippen LogP contribution in [0, 0.1) is 6.92 Å². The summed E-state index contributed by atoms with van der Waals surface area (Å²) >= 11 is 0. The number of likely N-dealkylation sites (tertiary alicyclic amines) is 1. The van der Waals surface area contributed by atoms with Crippen LogP contribution in [0.25, 0.3) is 5.65 Å². The fourth-order valence-corrected chi connectivity index (χ4v) is 3.52. The van der Waals surface area contributed by atoms with Crippen molar-refractivity contribution in [1.29, 1.82) is 0 Å². The van der Waals surface area contributed by atoms with Crippen molar-refractivity contribution >= 4 is 5.65 Å². The van der Waals surface area contributed by atoms with E-state index in [1.807, 2.05) is 31.3 Å². The van der Waals surface area contributed by atoms with Crippen molar-refractivity contribution in [2.45, 2.75) is 32.4 Å². The summed E-state index contributed by atoms with van der Waals surface area (Å²) < 4.78 is 1.62. The Labute approximate surface area is 134 Å². The van der Waals surface area contributed by atoms with Crippen molar-refractivity contribution in [1.82, 2.24) is 19.3 Å². The molecular formula is C18H20N4O. The van der Waals surface area contributed by atoms with Crippen LogP contribution in [0.4, 0.5) is 0 Å². The minimum atomic E-state index is -0.00989. The van der Waals surface area contributed by atoms with E-state index in [-0.39, 0.29) is 5.56 Å². The van der Waals surface area contributed by atoms with Crippen LogP contribution in [-0.2, 0) is 6.54 Å². The topological polar surface area (TPSA) is 53.4 Å². The number of nitrogens with zero attached hydrogens (tertiary/aromatic N) is 3. The van der Waals surface area contributed by atoms with Crippen molar-refractivity contribution in [3.8, 4) is 0 Å². The van der Waals surface area contributed by atoms with Gasteiger partial charge in [-0.05, 0) is 50.1 Å². The van der Waals surface area contributed by atoms with Crippen molar-refractivity contribution in [2.24, 2.45) is 0 Å². The van der Waals surface area contributed by atoms with Crippen molar-refractivity contribution in [3.05, 3.63) is 70.0 Å². The maximum Gasteiger partial charge on any atom is 0.258 e. The van der Waals surface area contributed by atoms with Gasteiger partial charge in [0.05, 0.1) is 11.7 Å². The standard InChI is InChI=1S/C18H20N4O/c1-13-5-3-10-22-17(23)11-14(20-18(13)22)12-21-9-4-7-16(21)15-6-2-8-19-15/h2-3,5-6,8,10-11,16,19H,4,7,9,12H2,1H3/t16-/m1/s1. The summed E-state index contributed by atoms with van der Waals surface area (Å²) in [5.41, 5.74) is 3.86. The highest BCUT2D eigenvalue weighted by Crippen LogP contribution is 2.31. The number of aromatic amines is 1. The Morgan fingerprint density at radius 3 is 3.09 bits per heavy atom. The molecule has 1 fully saturated rings. The molecule has 0 radical (unpaired) electrons. The first-order valence-corrected chi connectivity index (χ1v) is 8.07. The molecule has 1 aliphatic rings. The summed E-state index contributed by atoms with van der Waals surface area (Å²) in [4.78, 5) is 22.8. The average molecular weight is 308 g/mol. The lowest BCUT2D eigenvalue weighted by Gasteiger charge is -2.23. The van der Waals surface area contributed by atoms with Crippen molar-refractivity contribution in [3.63, 3.8) is 0 Å². The van der Waals surface area contributed by atoms with E-state index in [1.165, 1.54) is 12.1 Å². The molecule has 1 atom stereocenters. The number of H-pyrrole nitrogens is 1. The second kappa shape index (κ2) is 5.66. The molecule has 0 bridgehead atoms. The number of hydrogen-bond donors (Lipinski definition) is 1. The molecular weight excluding hydrogens is 288 g/mol. The van der Waals surface area contributed by atoms with Crippen molar-refractivity contribution in [2.75, 3.05) is 6.54 Å². The lowest BCUT2D eigenvalue weighted by molar-refractivity contribution is 0.242. The first kappa shape index (κ1) is 14.2. The second-order valence-electron chi connectivity index (χ2n) is 6.22. The number of pyridine rings is 1. The number of aryl methyl sites for hydroxylation is 1. The van der Waals surface area contributed by atoms with Gasteiger partial charge in [0.1, 0.15) is 5.65 Å². The van der Waals surface area contributed by atoms with Crippen LogP contribution in [0.1, 0.15) is 35.8 Å². The zero-order valence-electron chi connectivity index (χ0n) is 13.2. The molecule has 0 unspecified atom stereocenters. The lowest BCUT2D eigenvalue weighted by atomic mass is 10.1. The molecule has 4 rings (SSSR count). The first-order chi connectivity index (χ1) is 11.2. The Morgan fingerprint density at radius 1 is 1.35 bits per heavy atom. The predicted molar refractivity (Wildman–Crippen MR) is 89.4 cm³/mol. The zero-order chi connectivity index (χ0) is 15.8. The maximum atomic E-state index is 12.3. The first-order valence-electron chi connectivity index (χ1n) is 8.07. The van der Waals surface area contributed by atoms with Gasteiger partial charge in [-0.15, -0.1) is 0 Å². The number of rotatable bonds is 3. The summed E-state index contributed by atoms with van der Waals surface area (Å²) in [6.45, 7) is 3.74. The molecule has 0 aromatic carbocycles. The van der Waals surface area contributed by atoms with Crippen LogP contribution in [0.15, 0.2) is 47.5 Å². The van der Waals surface area contributed by atoms with E-state index < -0.39 is 0 Å². The number of nitrogens with one attached hydrogen (secondary N) is 1. The molecule has 5 nitrogen and oxygen atoms in total. The summed E-state index contributed by atoms with van der Waals surface area (Å²) in [7, 11) is 0. The fraction of sp³-hybridized carbons (Fsp3) is 0.333. The molecule has 118 valence electrons. The fourth-order valence-electron chi connectivity index (χ4n) is 3.52. The van der Waals surface area contributed by atoms with Gasteiger partial charge in [0.2, 0.25) is 0 Å². The van der Waals surface area contributed by atoms with Gasteiger partial charge in [-0.2, -0.15) is 0 Å². The molecule has 0 spiro atoms. The quantitative estimate of drug-likeness (QED) is 0.809. The van der Waals surface area contributed by atoms with Crippen LogP contribution in [0.2, 0.25) is 0 Å². The minimum absolute atomic E-state index is 0.00989. The van der Waals surface area contributed by atoms with E-state index in [1.54, 1.807) is 16.7 Å². The van der Waals surface area contributed by atoms with Gasteiger partial charge in [0.15, 0.2) is 0 Å². The van der Waals surface area contributed by atoms with Crippen LogP contribution in [0.3, 0.4) is 0 Å². The van der Waals surface area contributed by atoms with E-state index in [2.05, 4.69) is 16.0 Å². The van der Waals surface area contributed by atoms with Crippen LogP contribution in [0.5, 0.6) is 0 Å². The Morgan fingerprint density at radius 2 is 2.26 bits per heavy atom. The highest BCUT2D eigenvalue weighted by molar-refractivity contribution is 5.46. The van der Waals surface area contributed by atoms with Gasteiger partial charge in [0.25, 0.3) is 5.56 Å². The van der Waals surface area contributed by atoms with Crippen LogP contribution < -0.4 is 5.56 Å². The van der Waals surface area contributed by atoms with Gasteiger partial charge in [-0.1, -0.05) is 6.07 Å². The van der Waals surface area contributed by atoms with E-state index in [9.17, 15) is 4.79 Å². The van der Waals surface area contributed by atoms with E-state index in [0.29, 0.717) is 12.6 Å². The van der Waals surface area contributed by atoms with Crippen LogP contribution in [-0.4, -0.2) is 25.8 Å². The van der Waals surface area contributed by atoms with Gasteiger partial charge < -0.3 is 4.98 Å². The number of fused-ring (bicyclic) bond motifs is 1. The highest BCUT2D eigenvalue weighted by Gasteiger charge is 2.27. The Kier molecular flexibility index (Phi) is 3.50. The third-order valence-corrected chi connectivity index (χ3v) is 4.65. The predicted octanol–water partition coefficient (Wildman–Crippen LogP) is 2.67. The van der Waals surface area contributed by atoms with Gasteiger partial charge in [0, 0.05) is 30.7 Å². The Hall–Kier alpha value is -2.40.